The van der Waals surface area contributed by atoms with Crippen LogP contribution >= 0.6 is 0 Å². The molecule has 1 aliphatic heterocycles. The monoisotopic (exact) mass is 404 g/mol. The molecule has 1 amide bonds. The van der Waals surface area contributed by atoms with Gasteiger partial charge in [-0.05, 0) is 76.4 Å². The number of rotatable bonds is 5. The number of aromatic nitrogens is 2. The van der Waals surface area contributed by atoms with Crippen molar-refractivity contribution in [2.45, 2.75) is 53.1 Å². The second-order valence-electron chi connectivity index (χ2n) is 8.86. The first kappa shape index (κ1) is 20.6. The fourth-order valence-electron chi connectivity index (χ4n) is 4.50. The number of carbonyl (C=O) groups excluding carboxylic acids is 1. The van der Waals surface area contributed by atoms with E-state index < -0.39 is 0 Å². The van der Waals surface area contributed by atoms with Crippen molar-refractivity contribution in [1.82, 2.24) is 14.5 Å². The lowest BCUT2D eigenvalue weighted by molar-refractivity contribution is -0.121. The fourth-order valence-corrected chi connectivity index (χ4v) is 4.50. The minimum atomic E-state index is 0.00976. The van der Waals surface area contributed by atoms with Gasteiger partial charge in [0.2, 0.25) is 5.91 Å². The van der Waals surface area contributed by atoms with E-state index in [-0.39, 0.29) is 11.8 Å². The number of hydrogen-bond acceptors (Lipinski definition) is 3. The molecule has 0 aliphatic carbocycles. The van der Waals surface area contributed by atoms with E-state index in [9.17, 15) is 4.79 Å². The van der Waals surface area contributed by atoms with Crippen LogP contribution in [0.4, 0.5) is 5.69 Å². The van der Waals surface area contributed by atoms with Crippen LogP contribution in [0.5, 0.6) is 0 Å². The number of hydrogen-bond donors (Lipinski definition) is 1. The van der Waals surface area contributed by atoms with Crippen molar-refractivity contribution in [2.75, 3.05) is 18.4 Å². The van der Waals surface area contributed by atoms with E-state index in [1.807, 2.05) is 13.0 Å². The lowest BCUT2D eigenvalue weighted by Crippen LogP contribution is -2.40. The number of fused-ring (bicyclic) bond motifs is 1. The van der Waals surface area contributed by atoms with E-state index in [1.54, 1.807) is 0 Å². The lowest BCUT2D eigenvalue weighted by Gasteiger charge is -2.32. The Balaban J connectivity index is 1.48. The van der Waals surface area contributed by atoms with Gasteiger partial charge >= 0.3 is 0 Å². The first-order chi connectivity index (χ1) is 14.4. The van der Waals surface area contributed by atoms with Gasteiger partial charge in [-0.2, -0.15) is 0 Å². The summed E-state index contributed by atoms with van der Waals surface area (Å²) in [6.45, 7) is 11.1. The van der Waals surface area contributed by atoms with Gasteiger partial charge in [-0.15, -0.1) is 0 Å². The molecule has 1 atom stereocenters. The highest BCUT2D eigenvalue weighted by molar-refractivity contribution is 5.93. The zero-order valence-electron chi connectivity index (χ0n) is 18.5. The SMILES string of the molecule is Cc1ccc(C)c(NC(=O)[C@@H]2CCCN(Cc3nc4ccccc4n3C(C)C)C2)c1. The molecule has 0 radical (unpaired) electrons. The summed E-state index contributed by atoms with van der Waals surface area (Å²) in [7, 11) is 0. The summed E-state index contributed by atoms with van der Waals surface area (Å²) in [5.41, 5.74) is 5.42. The first-order valence-electron chi connectivity index (χ1n) is 11.0. The first-order valence-corrected chi connectivity index (χ1v) is 11.0. The molecule has 2 aromatic carbocycles. The number of piperidine rings is 1. The number of likely N-dealkylation sites (tertiary alicyclic amines) is 1. The van der Waals surface area contributed by atoms with Gasteiger partial charge in [0.1, 0.15) is 5.82 Å². The third kappa shape index (κ3) is 4.26. The summed E-state index contributed by atoms with van der Waals surface area (Å²) >= 11 is 0. The molecule has 1 aromatic heterocycles. The summed E-state index contributed by atoms with van der Waals surface area (Å²) in [6.07, 6.45) is 1.97. The van der Waals surface area contributed by atoms with Crippen LogP contribution in [-0.4, -0.2) is 33.4 Å². The molecule has 3 aromatic rings. The van der Waals surface area contributed by atoms with E-state index >= 15 is 0 Å². The number of nitrogens with zero attached hydrogens (tertiary/aromatic N) is 3. The topological polar surface area (TPSA) is 50.2 Å². The van der Waals surface area contributed by atoms with Gasteiger partial charge in [0.25, 0.3) is 0 Å². The van der Waals surface area contributed by atoms with Gasteiger partial charge in [-0.1, -0.05) is 24.3 Å². The van der Waals surface area contributed by atoms with E-state index in [2.05, 4.69) is 72.0 Å². The number of anilines is 1. The van der Waals surface area contributed by atoms with Crippen molar-refractivity contribution >= 4 is 22.6 Å². The Hall–Kier alpha value is -2.66. The maximum atomic E-state index is 13.0. The van der Waals surface area contributed by atoms with Crippen molar-refractivity contribution in [1.29, 1.82) is 0 Å². The van der Waals surface area contributed by atoms with Crippen LogP contribution in [0, 0.1) is 19.8 Å². The van der Waals surface area contributed by atoms with Crippen molar-refractivity contribution < 1.29 is 4.79 Å². The van der Waals surface area contributed by atoms with E-state index in [0.29, 0.717) is 6.04 Å². The molecule has 2 heterocycles. The maximum absolute atomic E-state index is 13.0. The highest BCUT2D eigenvalue weighted by atomic mass is 16.1. The molecule has 0 bridgehead atoms. The highest BCUT2D eigenvalue weighted by Gasteiger charge is 2.27. The van der Waals surface area contributed by atoms with Gasteiger partial charge < -0.3 is 9.88 Å². The Morgan fingerprint density at radius 3 is 2.80 bits per heavy atom. The van der Waals surface area contributed by atoms with E-state index in [4.69, 9.17) is 4.98 Å². The summed E-state index contributed by atoms with van der Waals surface area (Å²) in [6, 6.07) is 14.9. The molecule has 1 aliphatic rings. The molecule has 4 rings (SSSR count). The summed E-state index contributed by atoms with van der Waals surface area (Å²) in [5, 5.41) is 3.17. The smallest absolute Gasteiger partial charge is 0.228 e. The Labute approximate surface area is 179 Å². The number of para-hydroxylation sites is 2. The summed E-state index contributed by atoms with van der Waals surface area (Å²) in [5.74, 6) is 1.23. The van der Waals surface area contributed by atoms with Crippen molar-refractivity contribution in [2.24, 2.45) is 5.92 Å². The molecular weight excluding hydrogens is 372 g/mol. The molecule has 0 unspecified atom stereocenters. The van der Waals surface area contributed by atoms with Crippen LogP contribution in [0.2, 0.25) is 0 Å². The van der Waals surface area contributed by atoms with Crippen molar-refractivity contribution in [3.63, 3.8) is 0 Å². The Morgan fingerprint density at radius 1 is 1.20 bits per heavy atom. The quantitative estimate of drug-likeness (QED) is 0.645. The van der Waals surface area contributed by atoms with Crippen molar-refractivity contribution in [3.8, 4) is 0 Å². The minimum absolute atomic E-state index is 0.00976. The second kappa shape index (κ2) is 8.60. The van der Waals surface area contributed by atoms with Gasteiger partial charge in [0, 0.05) is 18.3 Å². The van der Waals surface area contributed by atoms with Gasteiger partial charge in [0.15, 0.2) is 0 Å². The molecular formula is C25H32N4O. The summed E-state index contributed by atoms with van der Waals surface area (Å²) in [4.78, 5) is 20.3. The Kier molecular flexibility index (Phi) is 5.91. The van der Waals surface area contributed by atoms with Gasteiger partial charge in [-0.3, -0.25) is 9.69 Å². The predicted molar refractivity (Wildman–Crippen MR) is 123 cm³/mol. The largest absolute Gasteiger partial charge is 0.326 e. The molecule has 5 heteroatoms. The van der Waals surface area contributed by atoms with E-state index in [0.717, 1.165) is 60.6 Å². The third-order valence-electron chi connectivity index (χ3n) is 6.08. The molecule has 158 valence electrons. The zero-order valence-corrected chi connectivity index (χ0v) is 18.5. The fraction of sp³-hybridized carbons (Fsp3) is 0.440. The van der Waals surface area contributed by atoms with Gasteiger partial charge in [0.05, 0.1) is 23.5 Å². The molecule has 1 N–H and O–H groups in total. The number of nitrogens with one attached hydrogen (secondary N) is 1. The number of imidazole rings is 1. The summed E-state index contributed by atoms with van der Waals surface area (Å²) < 4.78 is 2.33. The van der Waals surface area contributed by atoms with Crippen LogP contribution < -0.4 is 5.32 Å². The standard InChI is InChI=1S/C25H32N4O/c1-17(2)29-23-10-6-5-9-21(23)26-24(29)16-28-13-7-8-20(15-28)25(30)27-22-14-18(3)11-12-19(22)4/h5-6,9-12,14,17,20H,7-8,13,15-16H2,1-4H3,(H,27,30)/t20-/m1/s1. The lowest BCUT2D eigenvalue weighted by atomic mass is 9.96. The average Bonchev–Trinajstić information content (AvgIpc) is 3.09. The average molecular weight is 405 g/mol. The molecule has 30 heavy (non-hydrogen) atoms. The Bertz CT molecular complexity index is 1050. The van der Waals surface area contributed by atoms with Gasteiger partial charge in [-0.25, -0.2) is 4.98 Å². The number of benzene rings is 2. The Morgan fingerprint density at radius 2 is 2.00 bits per heavy atom. The number of aryl methyl sites for hydroxylation is 2. The third-order valence-corrected chi connectivity index (χ3v) is 6.08. The number of carbonyl (C=O) groups is 1. The molecule has 5 nitrogen and oxygen atoms in total. The zero-order chi connectivity index (χ0) is 21.3. The molecule has 1 fully saturated rings. The minimum Gasteiger partial charge on any atom is -0.326 e. The molecule has 0 saturated carbocycles. The molecule has 0 spiro atoms. The highest BCUT2D eigenvalue weighted by Crippen LogP contribution is 2.25. The number of amides is 1. The van der Waals surface area contributed by atoms with Crippen LogP contribution in [-0.2, 0) is 11.3 Å². The predicted octanol–water partition coefficient (Wildman–Crippen LogP) is 5.08. The second-order valence-corrected chi connectivity index (χ2v) is 8.86. The maximum Gasteiger partial charge on any atom is 0.228 e. The van der Waals surface area contributed by atoms with Crippen LogP contribution in [0.3, 0.4) is 0 Å². The van der Waals surface area contributed by atoms with E-state index in [1.165, 1.54) is 5.52 Å². The van der Waals surface area contributed by atoms with Crippen LogP contribution in [0.15, 0.2) is 42.5 Å². The molecule has 1 saturated heterocycles. The normalized spacial score (nSPS) is 17.6. The van der Waals surface area contributed by atoms with Crippen LogP contribution in [0.1, 0.15) is 49.7 Å². The van der Waals surface area contributed by atoms with Crippen LogP contribution in [0.25, 0.3) is 11.0 Å². The van der Waals surface area contributed by atoms with Crippen molar-refractivity contribution in [3.05, 3.63) is 59.4 Å².